The van der Waals surface area contributed by atoms with Gasteiger partial charge in [0.25, 0.3) is 0 Å². The third-order valence-corrected chi connectivity index (χ3v) is 4.42. The summed E-state index contributed by atoms with van der Waals surface area (Å²) in [7, 11) is 0. The number of halogens is 6. The van der Waals surface area contributed by atoms with Crippen LogP contribution < -0.4 is 4.74 Å². The van der Waals surface area contributed by atoms with Gasteiger partial charge in [-0.2, -0.15) is 41.6 Å². The Balaban J connectivity index is 1.65. The summed E-state index contributed by atoms with van der Waals surface area (Å²) in [5.74, 6) is -0.592. The van der Waals surface area contributed by atoms with Crippen molar-refractivity contribution in [1.82, 2.24) is 25.4 Å². The highest BCUT2D eigenvalue weighted by Gasteiger charge is 2.36. The number of carbonyl (C=O) groups excluding carboxylic acids is 1. The monoisotopic (exact) mass is 473 g/mol. The van der Waals surface area contributed by atoms with Crippen LogP contribution in [0, 0.1) is 0 Å². The number of Topliss-reactive ketones (excluding diaryl/α,β-unsaturated/α-hetero) is 1. The zero-order valence-electron chi connectivity index (χ0n) is 17.1. The maximum Gasteiger partial charge on any atom is 0.433 e. The Kier molecular flexibility index (Phi) is 6.98. The molecule has 13 heteroatoms. The van der Waals surface area contributed by atoms with Crippen LogP contribution in [0.4, 0.5) is 26.3 Å². The van der Waals surface area contributed by atoms with Crippen LogP contribution in [0.2, 0.25) is 0 Å². The number of hydrogen-bond acceptors (Lipinski definition) is 6. The van der Waals surface area contributed by atoms with E-state index in [2.05, 4.69) is 20.3 Å². The summed E-state index contributed by atoms with van der Waals surface area (Å²) in [5.41, 5.74) is -2.08. The summed E-state index contributed by atoms with van der Waals surface area (Å²) in [6, 6.07) is 4.80. The van der Waals surface area contributed by atoms with Gasteiger partial charge in [0, 0.05) is 18.9 Å². The predicted molar refractivity (Wildman–Crippen MR) is 102 cm³/mol. The zero-order valence-corrected chi connectivity index (χ0v) is 17.1. The van der Waals surface area contributed by atoms with Gasteiger partial charge < -0.3 is 4.74 Å². The van der Waals surface area contributed by atoms with Crippen LogP contribution in [0.3, 0.4) is 0 Å². The number of aromatic amines is 1. The fourth-order valence-electron chi connectivity index (χ4n) is 2.95. The number of alkyl halides is 6. The highest BCUT2D eigenvalue weighted by molar-refractivity contribution is 5.81. The molecule has 0 saturated carbocycles. The second-order valence-electron chi connectivity index (χ2n) is 6.91. The normalized spacial score (nSPS) is 12.1. The van der Waals surface area contributed by atoms with Crippen molar-refractivity contribution in [3.05, 3.63) is 53.1 Å². The van der Waals surface area contributed by atoms with Gasteiger partial charge in [0.2, 0.25) is 5.88 Å². The van der Waals surface area contributed by atoms with E-state index in [0.717, 1.165) is 12.3 Å². The quantitative estimate of drug-likeness (QED) is 0.486. The molecular weight excluding hydrogens is 456 g/mol. The molecule has 0 unspecified atom stereocenters. The lowest BCUT2D eigenvalue weighted by molar-refractivity contribution is -0.142. The Morgan fingerprint density at radius 1 is 1.06 bits per heavy atom. The zero-order chi connectivity index (χ0) is 24.2. The minimum atomic E-state index is -4.69. The van der Waals surface area contributed by atoms with Gasteiger partial charge in [0.15, 0.2) is 0 Å². The van der Waals surface area contributed by atoms with Gasteiger partial charge in [0.05, 0.1) is 29.8 Å². The van der Waals surface area contributed by atoms with Gasteiger partial charge in [-0.25, -0.2) is 4.98 Å². The van der Waals surface area contributed by atoms with Crippen molar-refractivity contribution in [1.29, 1.82) is 0 Å². The van der Waals surface area contributed by atoms with Crippen LogP contribution in [-0.2, 0) is 30.0 Å². The summed E-state index contributed by atoms with van der Waals surface area (Å²) >= 11 is 0. The van der Waals surface area contributed by atoms with Gasteiger partial charge in [-0.05, 0) is 37.1 Å². The number of ketones is 1. The summed E-state index contributed by atoms with van der Waals surface area (Å²) < 4.78 is 83.0. The number of ether oxygens (including phenoxy) is 1. The second-order valence-corrected chi connectivity index (χ2v) is 6.91. The van der Waals surface area contributed by atoms with E-state index < -0.39 is 23.7 Å². The van der Waals surface area contributed by atoms with Crippen molar-refractivity contribution >= 4 is 5.78 Å². The average molecular weight is 473 g/mol. The molecule has 0 fully saturated rings. The van der Waals surface area contributed by atoms with E-state index in [4.69, 9.17) is 4.74 Å². The van der Waals surface area contributed by atoms with E-state index in [1.807, 2.05) is 5.10 Å². The molecule has 0 aliphatic heterocycles. The molecule has 1 N–H and O–H groups in total. The average Bonchev–Trinajstić information content (AvgIpc) is 3.23. The Bertz CT molecular complexity index is 1110. The Labute approximate surface area is 183 Å². The van der Waals surface area contributed by atoms with E-state index in [1.54, 1.807) is 6.92 Å². The molecule has 3 heterocycles. The maximum atomic E-state index is 13.0. The summed E-state index contributed by atoms with van der Waals surface area (Å²) in [6.45, 7) is 1.70. The molecule has 7 nitrogen and oxygen atoms in total. The first-order chi connectivity index (χ1) is 15.5. The number of nitrogens with zero attached hydrogens (tertiary/aromatic N) is 4. The largest absolute Gasteiger partial charge is 0.478 e. The molecule has 176 valence electrons. The summed E-state index contributed by atoms with van der Waals surface area (Å²) in [6.07, 6.45) is -8.57. The van der Waals surface area contributed by atoms with Gasteiger partial charge >= 0.3 is 12.4 Å². The summed E-state index contributed by atoms with van der Waals surface area (Å²) in [4.78, 5) is 15.7. The Morgan fingerprint density at radius 3 is 2.42 bits per heavy atom. The molecular formula is C20H17F6N5O2. The smallest absolute Gasteiger partial charge is 0.433 e. The molecule has 0 radical (unpaired) electrons. The molecule has 0 bridgehead atoms. The van der Waals surface area contributed by atoms with Crippen LogP contribution in [0.5, 0.6) is 5.88 Å². The van der Waals surface area contributed by atoms with Crippen LogP contribution in [0.1, 0.15) is 36.0 Å². The standard InChI is InChI=1S/C20H17F6N5O2/c1-2-33-17-9-11(8-16(28-17)19(21,22)23)7-13(32)5-3-12-4-6-15(30-29-12)14-10-27-31-18(14)20(24,25)26/h4,6,8-10H,2-3,5,7H2,1H3,(H,27,31). The molecule has 0 amide bonds. The lowest BCUT2D eigenvalue weighted by Crippen LogP contribution is -2.12. The van der Waals surface area contributed by atoms with Gasteiger partial charge in [-0.15, -0.1) is 0 Å². The number of aryl methyl sites for hydroxylation is 1. The first-order valence-electron chi connectivity index (χ1n) is 9.63. The van der Waals surface area contributed by atoms with Gasteiger partial charge in [-0.1, -0.05) is 0 Å². The fraction of sp³-hybridized carbons (Fsp3) is 0.350. The van der Waals surface area contributed by atoms with Gasteiger partial charge in [0.1, 0.15) is 17.2 Å². The molecule has 0 aliphatic carbocycles. The number of aromatic nitrogens is 5. The summed E-state index contributed by atoms with van der Waals surface area (Å²) in [5, 5.41) is 12.8. The lowest BCUT2D eigenvalue weighted by atomic mass is 10.0. The van der Waals surface area contributed by atoms with Crippen molar-refractivity contribution in [2.45, 2.75) is 38.5 Å². The molecule has 0 saturated heterocycles. The molecule has 3 rings (SSSR count). The highest BCUT2D eigenvalue weighted by atomic mass is 19.4. The number of nitrogens with one attached hydrogen (secondary N) is 1. The van der Waals surface area contributed by atoms with Gasteiger partial charge in [-0.3, -0.25) is 9.89 Å². The lowest BCUT2D eigenvalue weighted by Gasteiger charge is -2.11. The number of H-pyrrole nitrogens is 1. The predicted octanol–water partition coefficient (Wildman–Crippen LogP) is 4.44. The number of rotatable bonds is 8. The number of hydrogen-bond donors (Lipinski definition) is 1. The van der Waals surface area contributed by atoms with E-state index in [9.17, 15) is 31.1 Å². The molecule has 33 heavy (non-hydrogen) atoms. The first-order valence-corrected chi connectivity index (χ1v) is 9.63. The van der Waals surface area contributed by atoms with Crippen molar-refractivity contribution in [2.24, 2.45) is 0 Å². The number of pyridine rings is 1. The fourth-order valence-corrected chi connectivity index (χ4v) is 2.95. The Hall–Kier alpha value is -3.51. The third-order valence-electron chi connectivity index (χ3n) is 4.42. The van der Waals surface area contributed by atoms with Crippen LogP contribution >= 0.6 is 0 Å². The van der Waals surface area contributed by atoms with E-state index >= 15 is 0 Å². The van der Waals surface area contributed by atoms with Crippen LogP contribution in [0.15, 0.2) is 30.5 Å². The topological polar surface area (TPSA) is 93.7 Å². The molecule has 0 spiro atoms. The SMILES string of the molecule is CCOc1cc(CC(=O)CCc2ccc(-c3cn[nH]c3C(F)(F)F)nn2)cc(C(F)(F)F)n1. The minimum Gasteiger partial charge on any atom is -0.478 e. The van der Waals surface area contributed by atoms with Crippen molar-refractivity contribution in [3.63, 3.8) is 0 Å². The number of carbonyl (C=O) groups is 1. The van der Waals surface area contributed by atoms with E-state index in [1.165, 1.54) is 18.2 Å². The molecule has 0 aliphatic rings. The maximum absolute atomic E-state index is 13.0. The molecule has 3 aromatic heterocycles. The van der Waals surface area contributed by atoms with Crippen molar-refractivity contribution in [2.75, 3.05) is 6.61 Å². The minimum absolute atomic E-state index is 0.0499. The molecule has 0 atom stereocenters. The van der Waals surface area contributed by atoms with Crippen molar-refractivity contribution in [3.8, 4) is 17.1 Å². The third kappa shape index (κ3) is 6.26. The van der Waals surface area contributed by atoms with Crippen LogP contribution in [-0.4, -0.2) is 37.8 Å². The van der Waals surface area contributed by atoms with E-state index in [-0.39, 0.29) is 54.4 Å². The highest BCUT2D eigenvalue weighted by Crippen LogP contribution is 2.34. The second kappa shape index (κ2) is 9.55. The van der Waals surface area contributed by atoms with E-state index in [0.29, 0.717) is 5.69 Å². The first kappa shape index (κ1) is 24.1. The Morgan fingerprint density at radius 2 is 1.82 bits per heavy atom. The molecule has 3 aromatic rings. The van der Waals surface area contributed by atoms with Crippen LogP contribution in [0.25, 0.3) is 11.3 Å². The van der Waals surface area contributed by atoms with Crippen molar-refractivity contribution < 1.29 is 35.9 Å². The molecule has 0 aromatic carbocycles.